The molecule has 0 saturated carbocycles. The van der Waals surface area contributed by atoms with Gasteiger partial charge in [0, 0.05) is 64.7 Å². The van der Waals surface area contributed by atoms with Gasteiger partial charge in [-0.15, -0.1) is 11.3 Å². The molecule has 7 aromatic carbocycles. The van der Waals surface area contributed by atoms with Crippen LogP contribution in [0.5, 0.6) is 0 Å². The molecule has 0 atom stereocenters. The van der Waals surface area contributed by atoms with Crippen LogP contribution in [-0.2, 0) is 21.7 Å². The van der Waals surface area contributed by atoms with E-state index in [0.717, 1.165) is 63.7 Å². The number of fused-ring (bicyclic) bond motifs is 13. The summed E-state index contributed by atoms with van der Waals surface area (Å²) in [4.78, 5) is 2.69. The van der Waals surface area contributed by atoms with Gasteiger partial charge >= 0.3 is 0 Å². The molecular formula is C65H57BN2OS. The van der Waals surface area contributed by atoms with E-state index in [1.54, 1.807) is 11.1 Å². The van der Waals surface area contributed by atoms with Gasteiger partial charge in [0.05, 0.1) is 11.4 Å². The monoisotopic (exact) mass is 924 g/mol. The van der Waals surface area contributed by atoms with E-state index in [-0.39, 0.29) is 21.7 Å². The fourth-order valence-electron chi connectivity index (χ4n) is 13.5. The number of nitrogens with zero attached hydrogens (tertiary/aromatic N) is 1. The maximum Gasteiger partial charge on any atom is 0.198 e. The minimum absolute atomic E-state index is 0.0650. The fourth-order valence-corrected chi connectivity index (χ4v) is 14.7. The summed E-state index contributed by atoms with van der Waals surface area (Å²) in [5.74, 6) is 0. The van der Waals surface area contributed by atoms with Crippen LogP contribution in [0.15, 0.2) is 126 Å². The van der Waals surface area contributed by atoms with Crippen molar-refractivity contribution >= 4 is 100 Å². The van der Waals surface area contributed by atoms with Crippen LogP contribution < -0.4 is 21.1 Å². The molecule has 3 nitrogen and oxygen atoms in total. The molecule has 1 N–H and O–H groups in total. The molecule has 0 bridgehead atoms. The highest BCUT2D eigenvalue weighted by Crippen LogP contribution is 2.67. The molecule has 342 valence electrons. The van der Waals surface area contributed by atoms with Crippen LogP contribution in [0.1, 0.15) is 109 Å². The molecule has 0 spiro atoms. The van der Waals surface area contributed by atoms with Crippen LogP contribution in [-0.4, -0.2) is 7.28 Å². The van der Waals surface area contributed by atoms with Crippen molar-refractivity contribution in [1.82, 2.24) is 0 Å². The van der Waals surface area contributed by atoms with E-state index >= 15 is 0 Å². The van der Waals surface area contributed by atoms with Gasteiger partial charge in [0.1, 0.15) is 5.58 Å². The van der Waals surface area contributed by atoms with E-state index in [2.05, 4.69) is 200 Å². The van der Waals surface area contributed by atoms with Crippen LogP contribution in [0.3, 0.4) is 0 Å². The molecule has 0 saturated heterocycles. The average Bonchev–Trinajstić information content (AvgIpc) is 3.91. The Morgan fingerprint density at radius 1 is 0.629 bits per heavy atom. The quantitative estimate of drug-likeness (QED) is 0.174. The number of furan rings is 1. The standard InChI is InChI=1S/C65H57BN2OS/c1-36-52-54(56-55(52)64(6,7)31-32-65(56,8)9)59(36)68-48-33-38(37-17-11-10-12-18-37)23-28-47(48)66-57-49(68)35-44-41-20-14-16-22-51(41)70-61(44)53(57)43-26-25-42-40-19-13-15-21-50(40)69-60(42)58(43)67-39-24-27-45-46(34-39)63(4,5)30-29-62(45,2)3/h10-11,13-17,19-28,33-35,66-67H,29-32H2,1-9H3. The maximum atomic E-state index is 7.06. The first-order valence-electron chi connectivity index (χ1n) is 25.5. The van der Waals surface area contributed by atoms with Gasteiger partial charge in [0.15, 0.2) is 12.9 Å². The first-order valence-corrected chi connectivity index (χ1v) is 26.3. The highest BCUT2D eigenvalue weighted by molar-refractivity contribution is 7.26. The van der Waals surface area contributed by atoms with Crippen molar-refractivity contribution in [3.05, 3.63) is 161 Å². The summed E-state index contributed by atoms with van der Waals surface area (Å²) in [6.45, 7) is 22.0. The van der Waals surface area contributed by atoms with Gasteiger partial charge < -0.3 is 14.6 Å². The van der Waals surface area contributed by atoms with Crippen molar-refractivity contribution in [3.63, 3.8) is 0 Å². The molecule has 1 aliphatic heterocycles. The number of hydrogen-bond donors (Lipinski definition) is 1. The number of thiophene rings is 1. The molecule has 5 aliphatic rings. The van der Waals surface area contributed by atoms with E-state index in [0.29, 0.717) is 0 Å². The Morgan fingerprint density at radius 2 is 1.36 bits per heavy atom. The molecule has 0 amide bonds. The lowest BCUT2D eigenvalue weighted by molar-refractivity contribution is 0.327. The molecule has 0 radical (unpaired) electrons. The Balaban J connectivity index is 1.07. The molecule has 2 aromatic heterocycles. The Labute approximate surface area is 416 Å². The highest BCUT2D eigenvalue weighted by Gasteiger charge is 2.51. The second-order valence-electron chi connectivity index (χ2n) is 23.6. The lowest BCUT2D eigenvalue weighted by atomic mass is 9.52. The maximum absolute atomic E-state index is 7.06. The van der Waals surface area contributed by atoms with E-state index in [1.807, 2.05) is 17.4 Å². The first kappa shape index (κ1) is 42.2. The lowest BCUT2D eigenvalue weighted by Gasteiger charge is -2.53. The Morgan fingerprint density at radius 3 is 2.14 bits per heavy atom. The topological polar surface area (TPSA) is 28.4 Å². The number of nitrogens with one attached hydrogen (secondary N) is 1. The third-order valence-electron chi connectivity index (χ3n) is 17.5. The Bertz CT molecular complexity index is 3920. The van der Waals surface area contributed by atoms with Crippen molar-refractivity contribution < 1.29 is 4.42 Å². The predicted octanol–water partition coefficient (Wildman–Crippen LogP) is 16.8. The zero-order valence-electron chi connectivity index (χ0n) is 41.8. The van der Waals surface area contributed by atoms with E-state index in [4.69, 9.17) is 4.42 Å². The van der Waals surface area contributed by atoms with Crippen LogP contribution in [0.25, 0.3) is 75.5 Å². The summed E-state index contributed by atoms with van der Waals surface area (Å²) in [7, 11) is 0.788. The number of hydrogen-bond acceptors (Lipinski definition) is 4. The van der Waals surface area contributed by atoms with Crippen molar-refractivity contribution in [2.24, 2.45) is 0 Å². The fraction of sp³-hybridized carbons (Fsp3) is 0.262. The van der Waals surface area contributed by atoms with Crippen LogP contribution in [0, 0.1) is 19.1 Å². The average molecular weight is 925 g/mol. The molecule has 0 fully saturated rings. The summed E-state index contributed by atoms with van der Waals surface area (Å²) >= 11 is 1.92. The Hall–Kier alpha value is -6.74. The molecular weight excluding hydrogens is 868 g/mol. The number of rotatable bonds is 5. The van der Waals surface area contributed by atoms with E-state index in [1.165, 1.54) is 101 Å². The lowest BCUT2D eigenvalue weighted by Crippen LogP contribution is -2.44. The second-order valence-corrected chi connectivity index (χ2v) is 24.7. The highest BCUT2D eigenvalue weighted by atomic mass is 32.1. The molecule has 14 rings (SSSR count). The number of anilines is 5. The van der Waals surface area contributed by atoms with Crippen molar-refractivity contribution in [3.8, 4) is 33.4 Å². The van der Waals surface area contributed by atoms with Gasteiger partial charge in [-0.2, -0.15) is 0 Å². The van der Waals surface area contributed by atoms with Gasteiger partial charge in [-0.25, -0.2) is 0 Å². The summed E-state index contributed by atoms with van der Waals surface area (Å²) in [5.41, 5.74) is 26.0. The minimum atomic E-state index is 0.0650. The third-order valence-corrected chi connectivity index (χ3v) is 18.7. The van der Waals surface area contributed by atoms with Crippen molar-refractivity contribution in [2.45, 2.75) is 110 Å². The SMILES string of the molecule is Cc1c2c3c(c-2c1N1c2cc(-c4c#cccc4)ccc2Bc2c1cc1c(sc4ccccc41)c2-c1ccc2c(oc4ccccc42)c1Nc1ccc2c(c1)C(C)(C)CCC2(C)C)C(C)(C)CCC3(C)C. The number of benzene rings is 7. The Kier molecular flexibility index (Phi) is 8.56. The molecule has 5 heteroatoms. The predicted molar refractivity (Wildman–Crippen MR) is 300 cm³/mol. The van der Waals surface area contributed by atoms with Gasteiger partial charge in [0.25, 0.3) is 0 Å². The summed E-state index contributed by atoms with van der Waals surface area (Å²) in [6.07, 6.45) is 4.73. The van der Waals surface area contributed by atoms with Gasteiger partial charge in [-0.1, -0.05) is 140 Å². The first-order chi connectivity index (χ1) is 33.6. The molecule has 4 aliphatic carbocycles. The number of para-hydroxylation sites is 1. The smallest absolute Gasteiger partial charge is 0.198 e. The normalized spacial score (nSPS) is 17.4. The summed E-state index contributed by atoms with van der Waals surface area (Å²) < 4.78 is 9.66. The van der Waals surface area contributed by atoms with Gasteiger partial charge in [-0.3, -0.25) is 0 Å². The zero-order valence-corrected chi connectivity index (χ0v) is 42.7. The van der Waals surface area contributed by atoms with E-state index < -0.39 is 0 Å². The largest absolute Gasteiger partial charge is 0.454 e. The van der Waals surface area contributed by atoms with Crippen LogP contribution >= 0.6 is 11.3 Å². The third kappa shape index (κ3) is 5.78. The van der Waals surface area contributed by atoms with Gasteiger partial charge in [-0.05, 0) is 159 Å². The minimum Gasteiger partial charge on any atom is -0.454 e. The molecule has 70 heavy (non-hydrogen) atoms. The molecule has 9 aromatic rings. The van der Waals surface area contributed by atoms with Gasteiger partial charge in [0.2, 0.25) is 0 Å². The van der Waals surface area contributed by atoms with Crippen LogP contribution in [0.2, 0.25) is 0 Å². The zero-order chi connectivity index (χ0) is 47.8. The van der Waals surface area contributed by atoms with E-state index in [9.17, 15) is 0 Å². The summed E-state index contributed by atoms with van der Waals surface area (Å²) in [5, 5.41) is 8.98. The second kappa shape index (κ2) is 14.2. The molecule has 0 unspecified atom stereocenters. The molecule has 3 heterocycles. The van der Waals surface area contributed by atoms with Crippen LogP contribution in [0.4, 0.5) is 28.4 Å². The van der Waals surface area contributed by atoms with Crippen molar-refractivity contribution in [2.75, 3.05) is 10.2 Å². The van der Waals surface area contributed by atoms with Crippen molar-refractivity contribution in [1.29, 1.82) is 0 Å². The summed E-state index contributed by atoms with van der Waals surface area (Å²) in [6, 6.07) is 51.9.